The first-order valence-electron chi connectivity index (χ1n) is 14.0. The maximum atomic E-state index is 14.5. The van der Waals surface area contributed by atoms with Gasteiger partial charge in [-0.05, 0) is 101 Å². The Kier molecular flexibility index (Phi) is 9.05. The van der Waals surface area contributed by atoms with Crippen LogP contribution in [0.3, 0.4) is 0 Å². The van der Waals surface area contributed by atoms with Gasteiger partial charge in [-0.3, -0.25) is 4.79 Å². The molecule has 3 aliphatic rings. The molecule has 0 aromatic heterocycles. The lowest BCUT2D eigenvalue weighted by Crippen LogP contribution is -2.51. The van der Waals surface area contributed by atoms with Gasteiger partial charge < -0.3 is 28.7 Å². The van der Waals surface area contributed by atoms with E-state index in [4.69, 9.17) is 18.9 Å². The van der Waals surface area contributed by atoms with Crippen LogP contribution in [0.4, 0.5) is 9.18 Å². The van der Waals surface area contributed by atoms with E-state index in [1.165, 1.54) is 19.3 Å². The summed E-state index contributed by atoms with van der Waals surface area (Å²) in [5.41, 5.74) is 1.55. The van der Waals surface area contributed by atoms with Gasteiger partial charge in [0.2, 0.25) is 0 Å². The van der Waals surface area contributed by atoms with Crippen molar-refractivity contribution in [1.29, 1.82) is 0 Å². The van der Waals surface area contributed by atoms with Crippen molar-refractivity contribution in [3.8, 4) is 5.75 Å². The third-order valence-electron chi connectivity index (χ3n) is 7.43. The number of rotatable bonds is 7. The van der Waals surface area contributed by atoms with Crippen LogP contribution >= 0.6 is 0 Å². The molecule has 1 aromatic carbocycles. The molecule has 0 saturated carbocycles. The number of methoxy groups -OCH3 is 1. The Labute approximate surface area is 236 Å². The minimum atomic E-state index is -0.647. The molecule has 2 aliphatic heterocycles. The first-order chi connectivity index (χ1) is 19.0. The Balaban J connectivity index is 1.72. The molecule has 2 heterocycles. The minimum absolute atomic E-state index is 0.00751. The number of piperidine rings is 1. The summed E-state index contributed by atoms with van der Waals surface area (Å²) in [6.07, 6.45) is 5.94. The molecule has 9 heteroatoms. The van der Waals surface area contributed by atoms with Crippen LogP contribution in [-0.2, 0) is 14.2 Å². The molecule has 0 bridgehead atoms. The number of halogens is 1. The van der Waals surface area contributed by atoms with Gasteiger partial charge in [-0.2, -0.15) is 0 Å². The summed E-state index contributed by atoms with van der Waals surface area (Å²) in [5, 5.41) is 0. The van der Waals surface area contributed by atoms with Crippen molar-refractivity contribution in [3.05, 3.63) is 59.0 Å². The highest BCUT2D eigenvalue weighted by atomic mass is 19.1. The van der Waals surface area contributed by atoms with Gasteiger partial charge in [0.05, 0.1) is 11.7 Å². The SMILES string of the molecule is CCN(CC)C(=O)c1ccc(C2=CC3(CCN(C(=O)OC(C)(C)C)CC3)OC3CC=C(F)C=C23)c(OCOC)c1. The van der Waals surface area contributed by atoms with E-state index in [0.29, 0.717) is 56.8 Å². The summed E-state index contributed by atoms with van der Waals surface area (Å²) < 4.78 is 37.9. The van der Waals surface area contributed by atoms with Crippen molar-refractivity contribution >= 4 is 17.6 Å². The first-order valence-corrected chi connectivity index (χ1v) is 14.0. The minimum Gasteiger partial charge on any atom is -0.467 e. The van der Waals surface area contributed by atoms with Crippen molar-refractivity contribution in [2.24, 2.45) is 0 Å². The monoisotopic (exact) mass is 556 g/mol. The molecular formula is C31H41FN2O6. The summed E-state index contributed by atoms with van der Waals surface area (Å²) in [5.74, 6) is 0.0718. The van der Waals surface area contributed by atoms with E-state index in [0.717, 1.165) is 16.7 Å². The molecule has 4 rings (SSSR count). The second-order valence-electron chi connectivity index (χ2n) is 11.4. The molecule has 1 fully saturated rings. The molecule has 8 nitrogen and oxygen atoms in total. The predicted molar refractivity (Wildman–Crippen MR) is 151 cm³/mol. The molecule has 1 aliphatic carbocycles. The molecule has 2 amide bonds. The number of fused-ring (bicyclic) bond motifs is 1. The van der Waals surface area contributed by atoms with Crippen molar-refractivity contribution in [1.82, 2.24) is 9.80 Å². The van der Waals surface area contributed by atoms with Crippen molar-refractivity contribution < 1.29 is 32.9 Å². The third-order valence-corrected chi connectivity index (χ3v) is 7.43. The van der Waals surface area contributed by atoms with Gasteiger partial charge in [0.1, 0.15) is 17.2 Å². The van der Waals surface area contributed by atoms with Gasteiger partial charge in [-0.1, -0.05) is 0 Å². The fourth-order valence-corrected chi connectivity index (χ4v) is 5.38. The van der Waals surface area contributed by atoms with Gasteiger partial charge in [0, 0.05) is 44.4 Å². The Bertz CT molecular complexity index is 1200. The number of amides is 2. The topological polar surface area (TPSA) is 77.5 Å². The Morgan fingerprint density at radius 3 is 2.50 bits per heavy atom. The number of carbonyl (C=O) groups is 2. The largest absolute Gasteiger partial charge is 0.467 e. The number of likely N-dealkylation sites (tertiary alicyclic amines) is 1. The zero-order chi connectivity index (χ0) is 29.1. The number of carbonyl (C=O) groups excluding carboxylic acids is 2. The van der Waals surface area contributed by atoms with Gasteiger partial charge in [0.15, 0.2) is 6.79 Å². The molecule has 1 spiro atoms. The highest BCUT2D eigenvalue weighted by molar-refractivity contribution is 5.96. The average Bonchev–Trinajstić information content (AvgIpc) is 2.91. The van der Waals surface area contributed by atoms with Gasteiger partial charge in [-0.25, -0.2) is 9.18 Å². The Morgan fingerprint density at radius 2 is 1.88 bits per heavy atom. The molecule has 1 saturated heterocycles. The van der Waals surface area contributed by atoms with Crippen LogP contribution in [-0.4, -0.2) is 79.2 Å². The maximum Gasteiger partial charge on any atom is 0.410 e. The number of ether oxygens (including phenoxy) is 4. The third kappa shape index (κ3) is 6.58. The summed E-state index contributed by atoms with van der Waals surface area (Å²) in [4.78, 5) is 29.2. The number of allylic oxidation sites excluding steroid dienone is 2. The van der Waals surface area contributed by atoms with E-state index >= 15 is 0 Å². The Morgan fingerprint density at radius 1 is 1.18 bits per heavy atom. The van der Waals surface area contributed by atoms with Crippen LogP contribution < -0.4 is 4.74 Å². The normalized spacial score (nSPS) is 20.2. The van der Waals surface area contributed by atoms with E-state index in [1.54, 1.807) is 21.9 Å². The predicted octanol–water partition coefficient (Wildman–Crippen LogP) is 5.89. The fourth-order valence-electron chi connectivity index (χ4n) is 5.38. The summed E-state index contributed by atoms with van der Waals surface area (Å²) in [7, 11) is 1.53. The van der Waals surface area contributed by atoms with Gasteiger partial charge in [-0.15, -0.1) is 0 Å². The van der Waals surface area contributed by atoms with Gasteiger partial charge >= 0.3 is 6.09 Å². The molecule has 1 atom stereocenters. The van der Waals surface area contributed by atoms with Crippen LogP contribution in [0, 0.1) is 0 Å². The standard InChI is InChI=1S/C31H41FN2O6/c1-7-33(8-2)28(35)21-9-11-23(27(17-21)38-20-37-6)25-19-31(39-26-12-10-22(32)18-24(25)26)13-15-34(16-14-31)29(36)40-30(3,4)5/h9-11,17-19,26H,7-8,12-16,20H2,1-6H3. The number of hydrogen-bond donors (Lipinski definition) is 0. The van der Waals surface area contributed by atoms with Crippen LogP contribution in [0.5, 0.6) is 5.75 Å². The number of hydrogen-bond acceptors (Lipinski definition) is 6. The Hall–Kier alpha value is -3.17. The zero-order valence-corrected chi connectivity index (χ0v) is 24.4. The van der Waals surface area contributed by atoms with Crippen LogP contribution in [0.25, 0.3) is 5.57 Å². The smallest absolute Gasteiger partial charge is 0.410 e. The van der Waals surface area contributed by atoms with E-state index in [2.05, 4.69) is 0 Å². The van der Waals surface area contributed by atoms with Crippen LogP contribution in [0.2, 0.25) is 0 Å². The highest BCUT2D eigenvalue weighted by Crippen LogP contribution is 2.46. The lowest BCUT2D eigenvalue weighted by molar-refractivity contribution is -0.0831. The van der Waals surface area contributed by atoms with Crippen LogP contribution in [0.15, 0.2) is 47.8 Å². The lowest BCUT2D eigenvalue weighted by atomic mass is 9.79. The van der Waals surface area contributed by atoms with Crippen LogP contribution in [0.1, 0.15) is 69.8 Å². The van der Waals surface area contributed by atoms with E-state index < -0.39 is 11.2 Å². The van der Waals surface area contributed by atoms with Crippen molar-refractivity contribution in [3.63, 3.8) is 0 Å². The van der Waals surface area contributed by atoms with E-state index in [1.807, 2.05) is 46.8 Å². The molecule has 40 heavy (non-hydrogen) atoms. The highest BCUT2D eigenvalue weighted by Gasteiger charge is 2.43. The molecule has 1 unspecified atom stereocenters. The maximum absolute atomic E-state index is 14.5. The van der Waals surface area contributed by atoms with E-state index in [-0.39, 0.29) is 30.7 Å². The molecule has 1 aromatic rings. The second-order valence-corrected chi connectivity index (χ2v) is 11.4. The van der Waals surface area contributed by atoms with Crippen molar-refractivity contribution in [2.75, 3.05) is 40.1 Å². The summed E-state index contributed by atoms with van der Waals surface area (Å²) >= 11 is 0. The van der Waals surface area contributed by atoms with Gasteiger partial charge in [0.25, 0.3) is 5.91 Å². The lowest BCUT2D eigenvalue weighted by Gasteiger charge is -2.46. The molecule has 218 valence electrons. The molecular weight excluding hydrogens is 515 g/mol. The fraction of sp³-hybridized carbons (Fsp3) is 0.548. The average molecular weight is 557 g/mol. The summed E-state index contributed by atoms with van der Waals surface area (Å²) in [6, 6.07) is 5.37. The first kappa shape index (κ1) is 29.8. The summed E-state index contributed by atoms with van der Waals surface area (Å²) in [6.45, 7) is 11.6. The zero-order valence-electron chi connectivity index (χ0n) is 24.4. The number of nitrogens with zero attached hydrogens (tertiary/aromatic N) is 2. The number of benzene rings is 1. The van der Waals surface area contributed by atoms with Crippen molar-refractivity contribution in [2.45, 2.75) is 71.2 Å². The quantitative estimate of drug-likeness (QED) is 0.390. The molecule has 0 N–H and O–H groups in total. The second kappa shape index (κ2) is 12.1. The molecule has 0 radical (unpaired) electrons. The van der Waals surface area contributed by atoms with E-state index in [9.17, 15) is 14.0 Å².